The summed E-state index contributed by atoms with van der Waals surface area (Å²) in [6.07, 6.45) is 3.62. The average Bonchev–Trinajstić information content (AvgIpc) is 2.17. The Kier molecular flexibility index (Phi) is 3.88. The zero-order valence-corrected chi connectivity index (χ0v) is 9.26. The van der Waals surface area contributed by atoms with Crippen LogP contribution in [0.25, 0.3) is 0 Å². The Morgan fingerprint density at radius 2 is 2.36 bits per heavy atom. The van der Waals surface area contributed by atoms with E-state index in [0.29, 0.717) is 0 Å². The molecule has 4 nitrogen and oxygen atoms in total. The van der Waals surface area contributed by atoms with Crippen molar-refractivity contribution in [1.82, 2.24) is 15.3 Å². The van der Waals surface area contributed by atoms with Crippen LogP contribution in [-0.4, -0.2) is 22.1 Å². The number of carbonyl (C=O) groups excluding carboxylic acids is 1. The second-order valence-electron chi connectivity index (χ2n) is 2.89. The first kappa shape index (κ1) is 11.0. The van der Waals surface area contributed by atoms with Crippen molar-refractivity contribution in [1.29, 1.82) is 0 Å². The van der Waals surface area contributed by atoms with Gasteiger partial charge in [0.1, 0.15) is 0 Å². The molecular formula is C9H13N3OS. The second kappa shape index (κ2) is 4.95. The third-order valence-corrected chi connectivity index (χ3v) is 2.26. The maximum atomic E-state index is 10.8. The average molecular weight is 211 g/mol. The predicted molar refractivity (Wildman–Crippen MR) is 56.0 cm³/mol. The first-order chi connectivity index (χ1) is 6.63. The summed E-state index contributed by atoms with van der Waals surface area (Å²) in [7, 11) is 0. The number of thioether (sulfide) groups is 1. The number of nitrogens with one attached hydrogen (secondary N) is 1. The fourth-order valence-corrected chi connectivity index (χ4v) is 1.44. The van der Waals surface area contributed by atoms with Gasteiger partial charge in [-0.3, -0.25) is 4.79 Å². The highest BCUT2D eigenvalue weighted by molar-refractivity contribution is 7.98. The monoisotopic (exact) mass is 211 g/mol. The minimum Gasteiger partial charge on any atom is -0.348 e. The Labute approximate surface area is 87.5 Å². The van der Waals surface area contributed by atoms with Crippen molar-refractivity contribution in [3.8, 4) is 0 Å². The normalized spacial score (nSPS) is 12.2. The van der Waals surface area contributed by atoms with Gasteiger partial charge in [0.05, 0.1) is 11.7 Å². The Balaban J connectivity index is 2.78. The fourth-order valence-electron chi connectivity index (χ4n) is 1.07. The van der Waals surface area contributed by atoms with Crippen molar-refractivity contribution in [3.05, 3.63) is 18.0 Å². The molecule has 5 heteroatoms. The quantitative estimate of drug-likeness (QED) is 0.606. The van der Waals surface area contributed by atoms with E-state index in [1.807, 2.05) is 13.2 Å². The number of rotatable bonds is 3. The van der Waals surface area contributed by atoms with E-state index in [-0.39, 0.29) is 11.9 Å². The lowest BCUT2D eigenvalue weighted by Gasteiger charge is -2.11. The summed E-state index contributed by atoms with van der Waals surface area (Å²) in [5.74, 6) is -0.0539. The van der Waals surface area contributed by atoms with E-state index in [2.05, 4.69) is 15.3 Å². The van der Waals surface area contributed by atoms with Crippen molar-refractivity contribution < 1.29 is 4.79 Å². The smallest absolute Gasteiger partial charge is 0.217 e. The molecule has 0 aliphatic carbocycles. The summed E-state index contributed by atoms with van der Waals surface area (Å²) >= 11 is 1.48. The van der Waals surface area contributed by atoms with Crippen LogP contribution in [-0.2, 0) is 4.79 Å². The van der Waals surface area contributed by atoms with Crippen LogP contribution in [0.3, 0.4) is 0 Å². The van der Waals surface area contributed by atoms with Crippen LogP contribution in [0.15, 0.2) is 17.4 Å². The Morgan fingerprint density at radius 3 is 2.93 bits per heavy atom. The Hall–Kier alpha value is -1.10. The molecule has 0 saturated heterocycles. The molecule has 1 aromatic heterocycles. The number of hydrogen-bond acceptors (Lipinski definition) is 4. The number of carbonyl (C=O) groups is 1. The van der Waals surface area contributed by atoms with Crippen molar-refractivity contribution in [2.75, 3.05) is 6.26 Å². The molecule has 1 rings (SSSR count). The summed E-state index contributed by atoms with van der Waals surface area (Å²) < 4.78 is 0. The van der Waals surface area contributed by atoms with Crippen LogP contribution < -0.4 is 5.32 Å². The molecule has 1 amide bonds. The maximum Gasteiger partial charge on any atom is 0.217 e. The van der Waals surface area contributed by atoms with E-state index in [1.165, 1.54) is 18.7 Å². The zero-order chi connectivity index (χ0) is 10.6. The minimum absolute atomic E-state index is 0.0539. The molecular weight excluding hydrogens is 198 g/mol. The van der Waals surface area contributed by atoms with Gasteiger partial charge in [-0.15, -0.1) is 0 Å². The zero-order valence-electron chi connectivity index (χ0n) is 8.44. The number of hydrogen-bond donors (Lipinski definition) is 1. The highest BCUT2D eigenvalue weighted by Gasteiger charge is 2.08. The van der Waals surface area contributed by atoms with Gasteiger partial charge in [-0.05, 0) is 19.2 Å². The van der Waals surface area contributed by atoms with Gasteiger partial charge in [0, 0.05) is 13.1 Å². The van der Waals surface area contributed by atoms with E-state index in [0.717, 1.165) is 10.9 Å². The van der Waals surface area contributed by atoms with Gasteiger partial charge in [-0.25, -0.2) is 9.97 Å². The van der Waals surface area contributed by atoms with Gasteiger partial charge in [0.15, 0.2) is 5.16 Å². The molecule has 0 aromatic carbocycles. The fraction of sp³-hybridized carbons (Fsp3) is 0.444. The lowest BCUT2D eigenvalue weighted by atomic mass is 10.2. The summed E-state index contributed by atoms with van der Waals surface area (Å²) in [6, 6.07) is 1.74. The van der Waals surface area contributed by atoms with Crippen molar-refractivity contribution >= 4 is 17.7 Å². The molecule has 1 atom stereocenters. The third-order valence-electron chi connectivity index (χ3n) is 1.70. The lowest BCUT2D eigenvalue weighted by Crippen LogP contribution is -2.24. The summed E-state index contributed by atoms with van der Waals surface area (Å²) in [5, 5.41) is 3.49. The highest BCUT2D eigenvalue weighted by Crippen LogP contribution is 2.13. The van der Waals surface area contributed by atoms with Gasteiger partial charge in [0.25, 0.3) is 0 Å². The second-order valence-corrected chi connectivity index (χ2v) is 3.66. The van der Waals surface area contributed by atoms with E-state index >= 15 is 0 Å². The topological polar surface area (TPSA) is 54.9 Å². The number of nitrogens with zero attached hydrogens (tertiary/aromatic N) is 2. The highest BCUT2D eigenvalue weighted by atomic mass is 32.2. The molecule has 1 aromatic rings. The van der Waals surface area contributed by atoms with Crippen LogP contribution in [0.4, 0.5) is 0 Å². The van der Waals surface area contributed by atoms with E-state index < -0.39 is 0 Å². The number of aromatic nitrogens is 2. The van der Waals surface area contributed by atoms with Gasteiger partial charge < -0.3 is 5.32 Å². The first-order valence-electron chi connectivity index (χ1n) is 4.27. The van der Waals surface area contributed by atoms with Crippen LogP contribution in [0.5, 0.6) is 0 Å². The molecule has 0 saturated carbocycles. The number of amides is 1. The molecule has 0 fully saturated rings. The molecule has 1 heterocycles. The molecule has 14 heavy (non-hydrogen) atoms. The Morgan fingerprint density at radius 1 is 1.64 bits per heavy atom. The minimum atomic E-state index is -0.0681. The van der Waals surface area contributed by atoms with Gasteiger partial charge in [0.2, 0.25) is 5.91 Å². The van der Waals surface area contributed by atoms with Gasteiger partial charge in [-0.1, -0.05) is 11.8 Å². The van der Waals surface area contributed by atoms with Crippen LogP contribution in [0, 0.1) is 0 Å². The molecule has 0 aliphatic heterocycles. The molecule has 0 aliphatic rings. The maximum absolute atomic E-state index is 10.8. The largest absolute Gasteiger partial charge is 0.348 e. The third kappa shape index (κ3) is 2.99. The Bertz CT molecular complexity index is 330. The van der Waals surface area contributed by atoms with Gasteiger partial charge >= 0.3 is 0 Å². The predicted octanol–water partition coefficient (Wildman–Crippen LogP) is 1.40. The molecule has 0 radical (unpaired) electrons. The molecule has 0 bridgehead atoms. The summed E-state index contributed by atoms with van der Waals surface area (Å²) in [6.45, 7) is 3.39. The molecule has 1 N–H and O–H groups in total. The SMILES string of the molecule is CSc1nccc(C(C)NC(C)=O)n1. The summed E-state index contributed by atoms with van der Waals surface area (Å²) in [4.78, 5) is 19.2. The van der Waals surface area contributed by atoms with Crippen molar-refractivity contribution in [3.63, 3.8) is 0 Å². The van der Waals surface area contributed by atoms with Crippen LogP contribution in [0.1, 0.15) is 25.6 Å². The van der Waals surface area contributed by atoms with E-state index in [9.17, 15) is 4.79 Å². The molecule has 0 spiro atoms. The van der Waals surface area contributed by atoms with Gasteiger partial charge in [-0.2, -0.15) is 0 Å². The van der Waals surface area contributed by atoms with Crippen molar-refractivity contribution in [2.24, 2.45) is 0 Å². The summed E-state index contributed by atoms with van der Waals surface area (Å²) in [5.41, 5.74) is 0.833. The lowest BCUT2D eigenvalue weighted by molar-refractivity contribution is -0.119. The molecule has 76 valence electrons. The van der Waals surface area contributed by atoms with Crippen LogP contribution >= 0.6 is 11.8 Å². The van der Waals surface area contributed by atoms with E-state index in [4.69, 9.17) is 0 Å². The van der Waals surface area contributed by atoms with E-state index in [1.54, 1.807) is 12.3 Å². The molecule has 1 unspecified atom stereocenters. The standard InChI is InChI=1S/C9H13N3OS/c1-6(11-7(2)13)8-4-5-10-9(12-8)14-3/h4-6H,1-3H3,(H,11,13). The van der Waals surface area contributed by atoms with Crippen LogP contribution in [0.2, 0.25) is 0 Å². The van der Waals surface area contributed by atoms with Crippen molar-refractivity contribution in [2.45, 2.75) is 25.0 Å². The first-order valence-corrected chi connectivity index (χ1v) is 5.50.